The average Bonchev–Trinajstić information content (AvgIpc) is 3.03. The van der Waals surface area contributed by atoms with Gasteiger partial charge in [-0.15, -0.1) is 0 Å². The van der Waals surface area contributed by atoms with Gasteiger partial charge in [-0.05, 0) is 17.7 Å². The summed E-state index contributed by atoms with van der Waals surface area (Å²) >= 11 is 0. The SMILES string of the molecule is O=C(O)c1ccc(CN2C(=O)C=CC2=O)cc1N1C(=O)CCC1=O. The Labute approximate surface area is 136 Å². The van der Waals surface area contributed by atoms with Crippen molar-refractivity contribution in [1.29, 1.82) is 0 Å². The molecule has 2 heterocycles. The molecule has 122 valence electrons. The molecule has 0 aromatic heterocycles. The van der Waals surface area contributed by atoms with E-state index in [0.29, 0.717) is 5.56 Å². The van der Waals surface area contributed by atoms with Gasteiger partial charge in [-0.1, -0.05) is 6.07 Å². The number of hydrogen-bond acceptors (Lipinski definition) is 5. The van der Waals surface area contributed by atoms with Gasteiger partial charge in [0, 0.05) is 25.0 Å². The molecule has 24 heavy (non-hydrogen) atoms. The first kappa shape index (κ1) is 15.6. The lowest BCUT2D eigenvalue weighted by atomic mass is 10.1. The van der Waals surface area contributed by atoms with Crippen LogP contribution in [0.2, 0.25) is 0 Å². The van der Waals surface area contributed by atoms with Crippen LogP contribution in [0.1, 0.15) is 28.8 Å². The Morgan fingerprint density at radius 1 is 1.00 bits per heavy atom. The second-order valence-corrected chi connectivity index (χ2v) is 5.38. The van der Waals surface area contributed by atoms with Gasteiger partial charge in [0.05, 0.1) is 17.8 Å². The molecule has 8 nitrogen and oxygen atoms in total. The van der Waals surface area contributed by atoms with E-state index < -0.39 is 29.6 Å². The quantitative estimate of drug-likeness (QED) is 0.804. The van der Waals surface area contributed by atoms with Gasteiger partial charge < -0.3 is 5.11 Å². The van der Waals surface area contributed by atoms with Crippen molar-refractivity contribution in [2.75, 3.05) is 4.90 Å². The largest absolute Gasteiger partial charge is 0.478 e. The Bertz CT molecular complexity index is 792. The van der Waals surface area contributed by atoms with Crippen molar-refractivity contribution in [3.63, 3.8) is 0 Å². The van der Waals surface area contributed by atoms with E-state index in [1.54, 1.807) is 0 Å². The van der Waals surface area contributed by atoms with Crippen LogP contribution in [-0.4, -0.2) is 39.6 Å². The zero-order valence-corrected chi connectivity index (χ0v) is 12.4. The van der Waals surface area contributed by atoms with Crippen LogP contribution in [0.25, 0.3) is 0 Å². The number of benzene rings is 1. The van der Waals surface area contributed by atoms with Crippen LogP contribution in [0.4, 0.5) is 5.69 Å². The first-order chi connectivity index (χ1) is 11.4. The first-order valence-corrected chi connectivity index (χ1v) is 7.14. The minimum atomic E-state index is -1.28. The summed E-state index contributed by atoms with van der Waals surface area (Å²) in [7, 11) is 0. The molecule has 8 heteroatoms. The van der Waals surface area contributed by atoms with E-state index in [-0.39, 0.29) is 30.6 Å². The maximum atomic E-state index is 11.9. The van der Waals surface area contributed by atoms with E-state index in [9.17, 15) is 29.1 Å². The Hall–Kier alpha value is -3.29. The number of imide groups is 2. The lowest BCUT2D eigenvalue weighted by Crippen LogP contribution is -2.31. The molecule has 0 atom stereocenters. The molecule has 2 aliphatic heterocycles. The van der Waals surface area contributed by atoms with Crippen LogP contribution in [0.15, 0.2) is 30.4 Å². The third-order valence-electron chi connectivity index (χ3n) is 3.83. The highest BCUT2D eigenvalue weighted by Gasteiger charge is 2.33. The highest BCUT2D eigenvalue weighted by molar-refractivity contribution is 6.21. The third kappa shape index (κ3) is 2.58. The van der Waals surface area contributed by atoms with E-state index in [4.69, 9.17) is 0 Å². The second-order valence-electron chi connectivity index (χ2n) is 5.38. The molecule has 4 amide bonds. The standard InChI is InChI=1S/C16H12N2O6/c19-12-3-4-13(20)17(12)8-9-1-2-10(16(23)24)11(7-9)18-14(21)5-6-15(18)22/h1-4,7H,5-6,8H2,(H,23,24). The number of carboxylic acid groups (broad SMARTS) is 1. The third-order valence-corrected chi connectivity index (χ3v) is 3.83. The normalized spacial score (nSPS) is 17.3. The molecule has 1 N–H and O–H groups in total. The topological polar surface area (TPSA) is 112 Å². The summed E-state index contributed by atoms with van der Waals surface area (Å²) in [5.41, 5.74) is 0.201. The molecule has 1 aromatic rings. The van der Waals surface area contributed by atoms with Crippen molar-refractivity contribution in [3.05, 3.63) is 41.5 Å². The smallest absolute Gasteiger partial charge is 0.337 e. The molecule has 0 unspecified atom stereocenters. The molecule has 0 radical (unpaired) electrons. The van der Waals surface area contributed by atoms with Crippen molar-refractivity contribution in [2.45, 2.75) is 19.4 Å². The fourth-order valence-electron chi connectivity index (χ4n) is 2.66. The summed E-state index contributed by atoms with van der Waals surface area (Å²) in [5.74, 6) is -3.18. The predicted molar refractivity (Wildman–Crippen MR) is 79.8 cm³/mol. The Morgan fingerprint density at radius 2 is 1.58 bits per heavy atom. The molecular weight excluding hydrogens is 316 g/mol. The van der Waals surface area contributed by atoms with Crippen LogP contribution < -0.4 is 4.90 Å². The minimum absolute atomic E-state index is 0.0230. The number of carbonyl (C=O) groups excluding carboxylic acids is 4. The zero-order valence-electron chi connectivity index (χ0n) is 12.4. The molecule has 1 fully saturated rings. The first-order valence-electron chi connectivity index (χ1n) is 7.14. The van der Waals surface area contributed by atoms with E-state index in [1.165, 1.54) is 18.2 Å². The highest BCUT2D eigenvalue weighted by Crippen LogP contribution is 2.28. The van der Waals surface area contributed by atoms with Crippen LogP contribution in [0.5, 0.6) is 0 Å². The maximum absolute atomic E-state index is 11.9. The van der Waals surface area contributed by atoms with E-state index >= 15 is 0 Å². The molecule has 3 rings (SSSR count). The molecule has 1 aromatic carbocycles. The van der Waals surface area contributed by atoms with E-state index in [0.717, 1.165) is 22.0 Å². The van der Waals surface area contributed by atoms with Crippen molar-refractivity contribution in [1.82, 2.24) is 4.90 Å². The summed E-state index contributed by atoms with van der Waals surface area (Å²) in [6.45, 7) is -0.0756. The van der Waals surface area contributed by atoms with Crippen molar-refractivity contribution in [3.8, 4) is 0 Å². The number of nitrogens with zero attached hydrogens (tertiary/aromatic N) is 2. The number of carbonyl (C=O) groups is 5. The number of amides is 4. The number of rotatable bonds is 4. The van der Waals surface area contributed by atoms with Gasteiger partial charge in [0.1, 0.15) is 0 Å². The van der Waals surface area contributed by atoms with Crippen molar-refractivity contribution < 1.29 is 29.1 Å². The van der Waals surface area contributed by atoms with Gasteiger partial charge in [-0.2, -0.15) is 0 Å². The number of anilines is 1. The van der Waals surface area contributed by atoms with Gasteiger partial charge in [0.2, 0.25) is 11.8 Å². The van der Waals surface area contributed by atoms with Gasteiger partial charge in [-0.3, -0.25) is 24.1 Å². The van der Waals surface area contributed by atoms with Crippen LogP contribution in [0.3, 0.4) is 0 Å². The van der Waals surface area contributed by atoms with Gasteiger partial charge >= 0.3 is 5.97 Å². The lowest BCUT2D eigenvalue weighted by Gasteiger charge is -2.19. The number of carboxylic acids is 1. The molecule has 0 aliphatic carbocycles. The Balaban J connectivity index is 1.99. The summed E-state index contributed by atoms with van der Waals surface area (Å²) in [6.07, 6.45) is 2.33. The summed E-state index contributed by atoms with van der Waals surface area (Å²) in [5, 5.41) is 9.28. The molecule has 0 bridgehead atoms. The minimum Gasteiger partial charge on any atom is -0.478 e. The zero-order chi connectivity index (χ0) is 17.4. The van der Waals surface area contributed by atoms with Gasteiger partial charge in [-0.25, -0.2) is 9.69 Å². The molecule has 0 saturated carbocycles. The summed E-state index contributed by atoms with van der Waals surface area (Å²) < 4.78 is 0. The second kappa shape index (κ2) is 5.73. The fourth-order valence-corrected chi connectivity index (χ4v) is 2.66. The molecule has 2 aliphatic rings. The van der Waals surface area contributed by atoms with Gasteiger partial charge in [0.25, 0.3) is 11.8 Å². The van der Waals surface area contributed by atoms with E-state index in [2.05, 4.69) is 0 Å². The molecule has 1 saturated heterocycles. The Morgan fingerprint density at radius 3 is 2.12 bits per heavy atom. The fraction of sp³-hybridized carbons (Fsp3) is 0.188. The van der Waals surface area contributed by atoms with E-state index in [1.807, 2.05) is 0 Å². The number of aromatic carboxylic acids is 1. The maximum Gasteiger partial charge on any atom is 0.337 e. The lowest BCUT2D eigenvalue weighted by molar-refractivity contribution is -0.137. The van der Waals surface area contributed by atoms with Crippen LogP contribution >= 0.6 is 0 Å². The van der Waals surface area contributed by atoms with Gasteiger partial charge in [0.15, 0.2) is 0 Å². The molecule has 0 spiro atoms. The molecular formula is C16H12N2O6. The van der Waals surface area contributed by atoms with Crippen molar-refractivity contribution in [2.24, 2.45) is 0 Å². The predicted octanol–water partition coefficient (Wildman–Crippen LogP) is 0.463. The summed E-state index contributed by atoms with van der Waals surface area (Å²) in [6, 6.07) is 4.05. The monoisotopic (exact) mass is 328 g/mol. The van der Waals surface area contributed by atoms with Crippen molar-refractivity contribution >= 4 is 35.3 Å². The summed E-state index contributed by atoms with van der Waals surface area (Å²) in [4.78, 5) is 60.2. The van der Waals surface area contributed by atoms with Crippen LogP contribution in [0, 0.1) is 0 Å². The number of hydrogen-bond donors (Lipinski definition) is 1. The van der Waals surface area contributed by atoms with Crippen LogP contribution in [-0.2, 0) is 25.7 Å². The Kier molecular flexibility index (Phi) is 3.72. The average molecular weight is 328 g/mol. The highest BCUT2D eigenvalue weighted by atomic mass is 16.4.